The van der Waals surface area contributed by atoms with E-state index in [1.165, 1.54) is 6.07 Å². The summed E-state index contributed by atoms with van der Waals surface area (Å²) < 4.78 is 1.69. The first-order valence-corrected chi connectivity index (χ1v) is 7.13. The summed E-state index contributed by atoms with van der Waals surface area (Å²) in [5.74, 6) is 0.126. The maximum Gasteiger partial charge on any atom is 0.251 e. The normalized spacial score (nSPS) is 14.0. The molecule has 0 atom stereocenters. The van der Waals surface area contributed by atoms with E-state index in [-0.39, 0.29) is 17.9 Å². The Morgan fingerprint density at radius 1 is 0.952 bits per heavy atom. The Bertz CT molecular complexity index is 729. The van der Waals surface area contributed by atoms with Crippen molar-refractivity contribution in [3.8, 4) is 0 Å². The molecule has 0 fully saturated rings. The third kappa shape index (κ3) is 2.67. The summed E-state index contributed by atoms with van der Waals surface area (Å²) in [6.07, 6.45) is 2.14. The van der Waals surface area contributed by atoms with Gasteiger partial charge in [-0.2, -0.15) is 0 Å². The second kappa shape index (κ2) is 5.66. The molecule has 0 spiro atoms. The highest BCUT2D eigenvalue weighted by Gasteiger charge is 2.20. The standard InChI is InChI=1S/C17H17NO3/c19-11-13-6-4-12(5-7-13)10-18-15-2-1-3-16(20)14(15)8-9-17(18)21/h4-9,19H,1-3,10-11H2. The van der Waals surface area contributed by atoms with Crippen molar-refractivity contribution in [1.29, 1.82) is 0 Å². The number of aliphatic hydroxyl groups excluding tert-OH is 1. The highest BCUT2D eigenvalue weighted by atomic mass is 16.3. The van der Waals surface area contributed by atoms with Gasteiger partial charge >= 0.3 is 0 Å². The lowest BCUT2D eigenvalue weighted by Gasteiger charge is -2.20. The molecular formula is C17H17NO3. The van der Waals surface area contributed by atoms with Gasteiger partial charge in [-0.15, -0.1) is 0 Å². The Labute approximate surface area is 122 Å². The number of carbonyl (C=O) groups is 1. The highest BCUT2D eigenvalue weighted by molar-refractivity contribution is 5.97. The molecule has 0 radical (unpaired) electrons. The molecule has 0 amide bonds. The number of aromatic nitrogens is 1. The van der Waals surface area contributed by atoms with E-state index in [2.05, 4.69) is 0 Å². The summed E-state index contributed by atoms with van der Waals surface area (Å²) in [6.45, 7) is 0.469. The molecule has 0 saturated heterocycles. The third-order valence-electron chi connectivity index (χ3n) is 3.96. The number of rotatable bonds is 3. The molecule has 1 heterocycles. The highest BCUT2D eigenvalue weighted by Crippen LogP contribution is 2.20. The van der Waals surface area contributed by atoms with Crippen molar-refractivity contribution in [3.05, 3.63) is 69.1 Å². The summed E-state index contributed by atoms with van der Waals surface area (Å²) in [5, 5.41) is 9.06. The van der Waals surface area contributed by atoms with Crippen LogP contribution in [0.15, 0.2) is 41.2 Å². The molecule has 1 aromatic heterocycles. The van der Waals surface area contributed by atoms with Crippen molar-refractivity contribution in [2.24, 2.45) is 0 Å². The number of carbonyl (C=O) groups excluding carboxylic acids is 1. The maximum atomic E-state index is 12.1. The fourth-order valence-corrected chi connectivity index (χ4v) is 2.80. The molecule has 4 heteroatoms. The van der Waals surface area contributed by atoms with Gasteiger partial charge in [-0.1, -0.05) is 24.3 Å². The van der Waals surface area contributed by atoms with Gasteiger partial charge in [-0.25, -0.2) is 0 Å². The molecule has 0 aliphatic heterocycles. The zero-order chi connectivity index (χ0) is 14.8. The van der Waals surface area contributed by atoms with Crippen molar-refractivity contribution >= 4 is 5.78 Å². The van der Waals surface area contributed by atoms with Gasteiger partial charge in [0.05, 0.1) is 13.2 Å². The van der Waals surface area contributed by atoms with E-state index in [9.17, 15) is 9.59 Å². The van der Waals surface area contributed by atoms with Gasteiger partial charge in [0.2, 0.25) is 0 Å². The quantitative estimate of drug-likeness (QED) is 0.936. The van der Waals surface area contributed by atoms with Crippen molar-refractivity contribution in [3.63, 3.8) is 0 Å². The number of hydrogen-bond donors (Lipinski definition) is 1. The van der Waals surface area contributed by atoms with Crippen LogP contribution in [0.2, 0.25) is 0 Å². The summed E-state index contributed by atoms with van der Waals surface area (Å²) in [5.41, 5.74) is 3.30. The first-order chi connectivity index (χ1) is 10.2. The van der Waals surface area contributed by atoms with Crippen LogP contribution in [0.3, 0.4) is 0 Å². The lowest BCUT2D eigenvalue weighted by molar-refractivity contribution is 0.0970. The van der Waals surface area contributed by atoms with Crippen LogP contribution in [-0.4, -0.2) is 15.5 Å². The Morgan fingerprint density at radius 2 is 1.67 bits per heavy atom. The number of fused-ring (bicyclic) bond motifs is 1. The number of pyridine rings is 1. The molecule has 0 saturated carbocycles. The molecule has 108 valence electrons. The molecule has 3 rings (SSSR count). The van der Waals surface area contributed by atoms with Gasteiger partial charge in [-0.3, -0.25) is 9.59 Å². The molecule has 4 nitrogen and oxygen atoms in total. The lowest BCUT2D eigenvalue weighted by Crippen LogP contribution is -2.28. The SMILES string of the molecule is O=C1CCCc2c1ccc(=O)n2Cc1ccc(CO)cc1. The van der Waals surface area contributed by atoms with Gasteiger partial charge in [0.15, 0.2) is 5.78 Å². The third-order valence-corrected chi connectivity index (χ3v) is 3.96. The average molecular weight is 283 g/mol. The number of Topliss-reactive ketones (excluding diaryl/α,β-unsaturated/α-hetero) is 1. The van der Waals surface area contributed by atoms with E-state index in [4.69, 9.17) is 5.11 Å². The molecule has 1 aliphatic rings. The molecular weight excluding hydrogens is 266 g/mol. The van der Waals surface area contributed by atoms with Gasteiger partial charge in [-0.05, 0) is 30.0 Å². The monoisotopic (exact) mass is 283 g/mol. The zero-order valence-corrected chi connectivity index (χ0v) is 11.7. The number of benzene rings is 1. The van der Waals surface area contributed by atoms with Crippen LogP contribution in [0.5, 0.6) is 0 Å². The van der Waals surface area contributed by atoms with Crippen LogP contribution in [0.1, 0.15) is 40.0 Å². The minimum absolute atomic E-state index is 0.00939. The number of nitrogens with zero attached hydrogens (tertiary/aromatic N) is 1. The smallest absolute Gasteiger partial charge is 0.251 e. The van der Waals surface area contributed by atoms with Gasteiger partial charge in [0.25, 0.3) is 5.56 Å². The number of ketones is 1. The minimum atomic E-state index is -0.0744. The van der Waals surface area contributed by atoms with Crippen LogP contribution in [-0.2, 0) is 19.6 Å². The van der Waals surface area contributed by atoms with Gasteiger partial charge in [0, 0.05) is 23.7 Å². The maximum absolute atomic E-state index is 12.1. The van der Waals surface area contributed by atoms with E-state index in [0.717, 1.165) is 29.7 Å². The molecule has 2 aromatic rings. The average Bonchev–Trinajstić information content (AvgIpc) is 2.51. The minimum Gasteiger partial charge on any atom is -0.392 e. The summed E-state index contributed by atoms with van der Waals surface area (Å²) in [6, 6.07) is 10.6. The Balaban J connectivity index is 1.99. The second-order valence-electron chi connectivity index (χ2n) is 5.37. The Morgan fingerprint density at radius 3 is 2.38 bits per heavy atom. The van der Waals surface area contributed by atoms with Gasteiger partial charge in [0.1, 0.15) is 0 Å². The molecule has 1 aromatic carbocycles. The topological polar surface area (TPSA) is 59.3 Å². The van der Waals surface area contributed by atoms with Crippen molar-refractivity contribution < 1.29 is 9.90 Å². The van der Waals surface area contributed by atoms with Crippen LogP contribution in [0, 0.1) is 0 Å². The van der Waals surface area contributed by atoms with Crippen molar-refractivity contribution in [2.75, 3.05) is 0 Å². The van der Waals surface area contributed by atoms with E-state index in [1.807, 2.05) is 24.3 Å². The Hall–Kier alpha value is -2.20. The van der Waals surface area contributed by atoms with E-state index in [0.29, 0.717) is 18.5 Å². The second-order valence-corrected chi connectivity index (χ2v) is 5.37. The first kappa shape index (κ1) is 13.8. The molecule has 1 N–H and O–H groups in total. The molecule has 0 bridgehead atoms. The predicted octanol–water partition coefficient (Wildman–Crippen LogP) is 1.91. The van der Waals surface area contributed by atoms with Crippen LogP contribution >= 0.6 is 0 Å². The Kier molecular flexibility index (Phi) is 3.71. The van der Waals surface area contributed by atoms with Crippen molar-refractivity contribution in [1.82, 2.24) is 4.57 Å². The first-order valence-electron chi connectivity index (χ1n) is 7.13. The number of hydrogen-bond acceptors (Lipinski definition) is 3. The van der Waals surface area contributed by atoms with E-state index in [1.54, 1.807) is 10.6 Å². The van der Waals surface area contributed by atoms with Crippen LogP contribution < -0.4 is 5.56 Å². The fraction of sp³-hybridized carbons (Fsp3) is 0.294. The lowest BCUT2D eigenvalue weighted by atomic mass is 9.94. The largest absolute Gasteiger partial charge is 0.392 e. The molecule has 0 unspecified atom stereocenters. The van der Waals surface area contributed by atoms with Crippen LogP contribution in [0.25, 0.3) is 0 Å². The van der Waals surface area contributed by atoms with Gasteiger partial charge < -0.3 is 9.67 Å². The summed E-state index contributed by atoms with van der Waals surface area (Å²) in [4.78, 5) is 24.1. The molecule has 21 heavy (non-hydrogen) atoms. The molecule has 1 aliphatic carbocycles. The van der Waals surface area contributed by atoms with Crippen molar-refractivity contribution in [2.45, 2.75) is 32.4 Å². The predicted molar refractivity (Wildman–Crippen MR) is 79.4 cm³/mol. The fourth-order valence-electron chi connectivity index (χ4n) is 2.80. The van der Waals surface area contributed by atoms with Crippen LogP contribution in [0.4, 0.5) is 0 Å². The van der Waals surface area contributed by atoms with E-state index < -0.39 is 0 Å². The zero-order valence-electron chi connectivity index (χ0n) is 11.7. The van der Waals surface area contributed by atoms with E-state index >= 15 is 0 Å². The summed E-state index contributed by atoms with van der Waals surface area (Å²) in [7, 11) is 0. The summed E-state index contributed by atoms with van der Waals surface area (Å²) >= 11 is 0. The number of aliphatic hydroxyl groups is 1.